The lowest BCUT2D eigenvalue weighted by atomic mass is 10.0. The molecule has 9 rings (SSSR count). The number of nitrogens with zero attached hydrogens (tertiary/aromatic N) is 2. The van der Waals surface area contributed by atoms with E-state index in [0.29, 0.717) is 0 Å². The van der Waals surface area contributed by atoms with Crippen LogP contribution in [0.3, 0.4) is 0 Å². The molecule has 4 heterocycles. The number of fused-ring (bicyclic) bond motifs is 6. The molecule has 5 aromatic carbocycles. The Hall–Kier alpha value is -4.72. The fraction of sp³-hybridized carbons (Fsp3) is 0.105. The van der Waals surface area contributed by atoms with Gasteiger partial charge in [0.25, 0.3) is 0 Å². The van der Waals surface area contributed by atoms with Crippen LogP contribution < -0.4 is 16.0 Å². The maximum Gasteiger partial charge on any atom is 0.0864 e. The first-order chi connectivity index (χ1) is 21.8. The number of nitrogens with one attached hydrogen (secondary N) is 3. The predicted octanol–water partition coefficient (Wildman–Crippen LogP) is 8.99. The monoisotopic (exact) mass is 588 g/mol. The largest absolute Gasteiger partial charge is 0.668 e. The van der Waals surface area contributed by atoms with Crippen LogP contribution in [0.25, 0.3) is 47.3 Å². The number of thiophene rings is 1. The summed E-state index contributed by atoms with van der Waals surface area (Å²) in [7, 11) is 0. The van der Waals surface area contributed by atoms with Gasteiger partial charge >= 0.3 is 0 Å². The average Bonchev–Trinajstić information content (AvgIpc) is 3.62. The van der Waals surface area contributed by atoms with Crippen LogP contribution in [-0.2, 0) is 0 Å². The van der Waals surface area contributed by atoms with Crippen molar-refractivity contribution in [1.29, 1.82) is 0 Å². The zero-order valence-corrected chi connectivity index (χ0v) is 24.7. The third-order valence-corrected chi connectivity index (χ3v) is 10.0. The van der Waals surface area contributed by atoms with Crippen molar-refractivity contribution in [2.75, 3.05) is 0 Å². The molecule has 5 nitrogen and oxygen atoms in total. The number of hydrogen-bond donors (Lipinski definition) is 3. The second-order valence-corrected chi connectivity index (χ2v) is 12.6. The van der Waals surface area contributed by atoms with Crippen LogP contribution in [0.1, 0.15) is 29.6 Å². The summed E-state index contributed by atoms with van der Waals surface area (Å²) in [5.41, 5.74) is 5.93. The van der Waals surface area contributed by atoms with Crippen LogP contribution in [0.2, 0.25) is 0 Å². The Morgan fingerprint density at radius 3 is 1.89 bits per heavy atom. The van der Waals surface area contributed by atoms with Crippen molar-refractivity contribution in [3.05, 3.63) is 162 Å². The topological polar surface area (TPSA) is 55.1 Å². The first-order valence-corrected chi connectivity index (χ1v) is 15.9. The lowest BCUT2D eigenvalue weighted by molar-refractivity contribution is 0.224. The summed E-state index contributed by atoms with van der Waals surface area (Å²) in [5.74, 6) is 0. The third-order valence-electron chi connectivity index (χ3n) is 8.91. The predicted molar refractivity (Wildman–Crippen MR) is 184 cm³/mol. The van der Waals surface area contributed by atoms with Crippen LogP contribution in [0.5, 0.6) is 0 Å². The molecule has 0 amide bonds. The fourth-order valence-electron chi connectivity index (χ4n) is 6.79. The molecule has 214 valence electrons. The second kappa shape index (κ2) is 10.5. The molecule has 1 saturated heterocycles. The maximum atomic E-state index is 5.16. The summed E-state index contributed by atoms with van der Waals surface area (Å²) in [5, 5.41) is 21.6. The zero-order valence-electron chi connectivity index (χ0n) is 23.9. The van der Waals surface area contributed by atoms with Gasteiger partial charge in [-0.15, -0.1) is 11.3 Å². The summed E-state index contributed by atoms with van der Waals surface area (Å²) < 4.78 is 5.02. The van der Waals surface area contributed by atoms with E-state index in [0.717, 1.165) is 5.57 Å². The Labute approximate surface area is 259 Å². The summed E-state index contributed by atoms with van der Waals surface area (Å²) in [4.78, 5) is 0. The molecule has 3 atom stereocenters. The van der Waals surface area contributed by atoms with Crippen LogP contribution >= 0.6 is 11.3 Å². The van der Waals surface area contributed by atoms with E-state index >= 15 is 0 Å². The molecule has 1 fully saturated rings. The summed E-state index contributed by atoms with van der Waals surface area (Å²) in [6.07, 6.45) is 6.27. The minimum atomic E-state index is -0.135. The molecule has 44 heavy (non-hydrogen) atoms. The highest BCUT2D eigenvalue weighted by molar-refractivity contribution is 7.25. The smallest absolute Gasteiger partial charge is 0.0864 e. The van der Waals surface area contributed by atoms with E-state index in [1.165, 1.54) is 53.1 Å². The third kappa shape index (κ3) is 4.26. The van der Waals surface area contributed by atoms with Gasteiger partial charge in [-0.3, -0.25) is 16.0 Å². The molecule has 2 aromatic heterocycles. The number of hydrogen-bond acceptors (Lipinski definition) is 4. The van der Waals surface area contributed by atoms with E-state index in [2.05, 4.69) is 154 Å². The molecule has 2 aliphatic heterocycles. The number of para-hydroxylation sites is 1. The standard InChI is InChI=1S/C38H30N5S/c1-3-11-24(12-4-1)36-40-37(25-13-5-2-6-14-25)42-38(41-36)26-19-20-35(39-23-26)43-31-17-9-7-15-27(31)29-21-30-28-16-8-10-18-33(28)44-34(30)22-32(29)43/h1-23,35-38,40-42H/q-1. The Balaban J connectivity index is 1.08. The highest BCUT2D eigenvalue weighted by Crippen LogP contribution is 2.42. The van der Waals surface area contributed by atoms with Crippen molar-refractivity contribution in [1.82, 2.24) is 20.5 Å². The molecule has 0 saturated carbocycles. The summed E-state index contributed by atoms with van der Waals surface area (Å²) >= 11 is 1.86. The normalized spacial score (nSPS) is 22.0. The van der Waals surface area contributed by atoms with Crippen molar-refractivity contribution in [3.63, 3.8) is 0 Å². The van der Waals surface area contributed by atoms with Gasteiger partial charge in [0, 0.05) is 42.0 Å². The Kier molecular flexibility index (Phi) is 6.13. The highest BCUT2D eigenvalue weighted by Gasteiger charge is 2.30. The molecule has 7 aromatic rings. The molecule has 0 bridgehead atoms. The minimum absolute atomic E-state index is 0.0132. The molecular weight excluding hydrogens is 559 g/mol. The van der Waals surface area contributed by atoms with Crippen molar-refractivity contribution in [2.45, 2.75) is 24.7 Å². The first-order valence-electron chi connectivity index (χ1n) is 15.1. The first kappa shape index (κ1) is 25.7. The average molecular weight is 589 g/mol. The molecule has 0 spiro atoms. The van der Waals surface area contributed by atoms with Gasteiger partial charge in [-0.25, -0.2) is 0 Å². The fourth-order valence-corrected chi connectivity index (χ4v) is 7.91. The molecule has 3 unspecified atom stereocenters. The van der Waals surface area contributed by atoms with Crippen LogP contribution in [-0.4, -0.2) is 10.7 Å². The van der Waals surface area contributed by atoms with Crippen molar-refractivity contribution < 1.29 is 0 Å². The van der Waals surface area contributed by atoms with Gasteiger partial charge in [-0.2, -0.15) is 6.20 Å². The van der Waals surface area contributed by atoms with Gasteiger partial charge < -0.3 is 9.88 Å². The Bertz CT molecular complexity index is 2160. The molecule has 2 aliphatic rings. The SMILES string of the molecule is C1=CC(n2c3ccccc3c3cc4c(cc32)sc2ccccc24)[N-]C=C1C1NC(c2ccccc2)NC(c2ccccc2)N1. The van der Waals surface area contributed by atoms with E-state index in [1.54, 1.807) is 0 Å². The Morgan fingerprint density at radius 2 is 1.18 bits per heavy atom. The van der Waals surface area contributed by atoms with Gasteiger partial charge in [-0.1, -0.05) is 109 Å². The maximum absolute atomic E-state index is 5.16. The molecule has 0 radical (unpaired) electrons. The number of aromatic nitrogens is 1. The van der Waals surface area contributed by atoms with Gasteiger partial charge in [0.15, 0.2) is 0 Å². The number of benzene rings is 5. The quantitative estimate of drug-likeness (QED) is 0.192. The second-order valence-electron chi connectivity index (χ2n) is 11.5. The van der Waals surface area contributed by atoms with Gasteiger partial charge in [0.2, 0.25) is 0 Å². The Morgan fingerprint density at radius 1 is 0.545 bits per heavy atom. The van der Waals surface area contributed by atoms with Crippen molar-refractivity contribution in [2.24, 2.45) is 0 Å². The highest BCUT2D eigenvalue weighted by atomic mass is 32.1. The lowest BCUT2D eigenvalue weighted by Crippen LogP contribution is -2.59. The summed E-state index contributed by atoms with van der Waals surface area (Å²) in [6.45, 7) is 0. The molecule has 3 N–H and O–H groups in total. The summed E-state index contributed by atoms with van der Waals surface area (Å²) in [6, 6.07) is 43.3. The van der Waals surface area contributed by atoms with Crippen LogP contribution in [0, 0.1) is 0 Å². The van der Waals surface area contributed by atoms with Crippen molar-refractivity contribution in [3.8, 4) is 0 Å². The van der Waals surface area contributed by atoms with E-state index in [9.17, 15) is 0 Å². The zero-order chi connectivity index (χ0) is 29.0. The van der Waals surface area contributed by atoms with Crippen LogP contribution in [0.15, 0.2) is 145 Å². The lowest BCUT2D eigenvalue weighted by Gasteiger charge is -2.42. The van der Waals surface area contributed by atoms with Gasteiger partial charge in [-0.05, 0) is 47.1 Å². The van der Waals surface area contributed by atoms with Crippen LogP contribution in [0.4, 0.5) is 0 Å². The van der Waals surface area contributed by atoms with E-state index < -0.39 is 0 Å². The van der Waals surface area contributed by atoms with Crippen molar-refractivity contribution >= 4 is 53.3 Å². The minimum Gasteiger partial charge on any atom is -0.668 e. The van der Waals surface area contributed by atoms with E-state index in [1.807, 2.05) is 17.5 Å². The van der Waals surface area contributed by atoms with Gasteiger partial charge in [0.05, 0.1) is 18.5 Å². The number of rotatable bonds is 4. The molecule has 0 aliphatic carbocycles. The van der Waals surface area contributed by atoms with Gasteiger partial charge in [0.1, 0.15) is 0 Å². The van der Waals surface area contributed by atoms with E-state index in [-0.39, 0.29) is 24.7 Å². The molecule has 6 heteroatoms. The van der Waals surface area contributed by atoms with E-state index in [4.69, 9.17) is 5.32 Å². The molecular formula is C38H30N5S-.